The van der Waals surface area contributed by atoms with Crippen LogP contribution in [0.2, 0.25) is 0 Å². The molecule has 1 N–H and O–H groups in total. The minimum atomic E-state index is -0.940. The monoisotopic (exact) mass is 243 g/mol. The van der Waals surface area contributed by atoms with Gasteiger partial charge in [0.25, 0.3) is 0 Å². The molecule has 0 heterocycles. The highest BCUT2D eigenvalue weighted by molar-refractivity contribution is 5.84. The average molecular weight is 243 g/mol. The van der Waals surface area contributed by atoms with Crippen LogP contribution in [0.5, 0.6) is 0 Å². The van der Waals surface area contributed by atoms with Crippen LogP contribution in [0.1, 0.15) is 39.5 Å². The Kier molecular flexibility index (Phi) is 4.93. The number of aliphatic carboxylic acids is 1. The van der Waals surface area contributed by atoms with Crippen LogP contribution in [0.15, 0.2) is 0 Å². The maximum atomic E-state index is 12.0. The van der Waals surface area contributed by atoms with E-state index in [0.717, 1.165) is 12.8 Å². The summed E-state index contributed by atoms with van der Waals surface area (Å²) < 4.78 is 5.08. The number of hydrogen-bond acceptors (Lipinski definition) is 3. The Labute approximate surface area is 102 Å². The Morgan fingerprint density at radius 2 is 2.00 bits per heavy atom. The number of carboxylic acid groups (broad SMARTS) is 1. The standard InChI is InChI=1S/C12H21NO4/c1-8(17-3)4-7-11(14)13(10-5-6-10)9(2)12(15)16/h8-10H,4-7H2,1-3H3,(H,15,16). The largest absolute Gasteiger partial charge is 0.480 e. The molecule has 0 spiro atoms. The first-order chi connectivity index (χ1) is 7.97. The van der Waals surface area contributed by atoms with Crippen molar-refractivity contribution >= 4 is 11.9 Å². The molecule has 0 aliphatic heterocycles. The summed E-state index contributed by atoms with van der Waals surface area (Å²) in [5, 5.41) is 8.98. The second-order valence-corrected chi connectivity index (χ2v) is 4.63. The zero-order valence-electron chi connectivity index (χ0n) is 10.7. The fourth-order valence-electron chi connectivity index (χ4n) is 1.78. The van der Waals surface area contributed by atoms with Crippen molar-refractivity contribution in [2.24, 2.45) is 0 Å². The van der Waals surface area contributed by atoms with Gasteiger partial charge in [0.05, 0.1) is 6.10 Å². The van der Waals surface area contributed by atoms with Crippen LogP contribution in [0.25, 0.3) is 0 Å². The topological polar surface area (TPSA) is 66.8 Å². The van der Waals surface area contributed by atoms with Crippen LogP contribution in [0.3, 0.4) is 0 Å². The summed E-state index contributed by atoms with van der Waals surface area (Å²) in [6, 6.07) is -0.598. The fraction of sp³-hybridized carbons (Fsp3) is 0.833. The molecular formula is C12H21NO4. The van der Waals surface area contributed by atoms with Crippen molar-refractivity contribution in [3.63, 3.8) is 0 Å². The van der Waals surface area contributed by atoms with Crippen LogP contribution < -0.4 is 0 Å². The molecule has 2 atom stereocenters. The Balaban J connectivity index is 2.52. The van der Waals surface area contributed by atoms with Gasteiger partial charge >= 0.3 is 5.97 Å². The maximum Gasteiger partial charge on any atom is 0.326 e. The number of ether oxygens (including phenoxy) is 1. The van der Waals surface area contributed by atoms with Gasteiger partial charge < -0.3 is 14.7 Å². The Morgan fingerprint density at radius 1 is 1.41 bits per heavy atom. The van der Waals surface area contributed by atoms with Crippen molar-refractivity contribution in [3.05, 3.63) is 0 Å². The van der Waals surface area contributed by atoms with Gasteiger partial charge in [-0.25, -0.2) is 4.79 Å². The molecule has 5 nitrogen and oxygen atoms in total. The number of carboxylic acids is 1. The van der Waals surface area contributed by atoms with Crippen molar-refractivity contribution in [1.29, 1.82) is 0 Å². The maximum absolute atomic E-state index is 12.0. The first kappa shape index (κ1) is 14.0. The summed E-state index contributed by atoms with van der Waals surface area (Å²) in [5.74, 6) is -1.02. The summed E-state index contributed by atoms with van der Waals surface area (Å²) >= 11 is 0. The molecular weight excluding hydrogens is 222 g/mol. The van der Waals surface area contributed by atoms with Crippen molar-refractivity contribution in [2.45, 2.75) is 57.7 Å². The predicted molar refractivity (Wildman–Crippen MR) is 62.7 cm³/mol. The molecule has 0 radical (unpaired) electrons. The van der Waals surface area contributed by atoms with E-state index in [0.29, 0.717) is 12.8 Å². The lowest BCUT2D eigenvalue weighted by Crippen LogP contribution is -2.44. The predicted octanol–water partition coefficient (Wildman–Crippen LogP) is 1.27. The number of hydrogen-bond donors (Lipinski definition) is 1. The molecule has 2 unspecified atom stereocenters. The average Bonchev–Trinajstić information content (AvgIpc) is 3.10. The smallest absolute Gasteiger partial charge is 0.326 e. The third-order valence-electron chi connectivity index (χ3n) is 3.17. The molecule has 0 aromatic carbocycles. The highest BCUT2D eigenvalue weighted by Crippen LogP contribution is 2.29. The lowest BCUT2D eigenvalue weighted by atomic mass is 10.1. The summed E-state index contributed by atoms with van der Waals surface area (Å²) in [4.78, 5) is 24.5. The molecule has 17 heavy (non-hydrogen) atoms. The van der Waals surface area contributed by atoms with Crippen molar-refractivity contribution in [3.8, 4) is 0 Å². The van der Waals surface area contributed by atoms with Gasteiger partial charge in [-0.15, -0.1) is 0 Å². The molecule has 98 valence electrons. The molecule has 5 heteroatoms. The van der Waals surface area contributed by atoms with Crippen LogP contribution >= 0.6 is 0 Å². The van der Waals surface area contributed by atoms with Gasteiger partial charge in [-0.3, -0.25) is 4.79 Å². The number of nitrogens with zero attached hydrogens (tertiary/aromatic N) is 1. The number of rotatable bonds is 7. The number of methoxy groups -OCH3 is 1. The van der Waals surface area contributed by atoms with E-state index in [1.165, 1.54) is 4.90 Å². The van der Waals surface area contributed by atoms with Gasteiger partial charge in [0.2, 0.25) is 5.91 Å². The molecule has 1 aliphatic carbocycles. The summed E-state index contributed by atoms with van der Waals surface area (Å²) in [5.41, 5.74) is 0. The molecule has 1 rings (SSSR count). The summed E-state index contributed by atoms with van der Waals surface area (Å²) in [6.45, 7) is 3.47. The zero-order chi connectivity index (χ0) is 13.0. The van der Waals surface area contributed by atoms with Gasteiger partial charge in [-0.1, -0.05) is 0 Å². The van der Waals surface area contributed by atoms with E-state index in [9.17, 15) is 9.59 Å². The molecule has 0 saturated heterocycles. The fourth-order valence-corrected chi connectivity index (χ4v) is 1.78. The van der Waals surface area contributed by atoms with Crippen molar-refractivity contribution in [1.82, 2.24) is 4.90 Å². The molecule has 1 fully saturated rings. The highest BCUT2D eigenvalue weighted by Gasteiger charge is 2.37. The number of amides is 1. The first-order valence-corrected chi connectivity index (χ1v) is 6.04. The second kappa shape index (κ2) is 6.00. The minimum Gasteiger partial charge on any atom is -0.480 e. The lowest BCUT2D eigenvalue weighted by molar-refractivity contribution is -0.150. The highest BCUT2D eigenvalue weighted by atomic mass is 16.5. The molecule has 1 amide bonds. The SMILES string of the molecule is COC(C)CCC(=O)N(C1CC1)C(C)C(=O)O. The summed E-state index contributed by atoms with van der Waals surface area (Å²) in [7, 11) is 1.60. The van der Waals surface area contributed by atoms with Gasteiger partial charge in [0, 0.05) is 19.6 Å². The molecule has 1 saturated carbocycles. The van der Waals surface area contributed by atoms with Gasteiger partial charge in [-0.05, 0) is 33.1 Å². The lowest BCUT2D eigenvalue weighted by Gasteiger charge is -2.26. The number of carbonyl (C=O) groups excluding carboxylic acids is 1. The normalized spacial score (nSPS) is 18.5. The molecule has 1 aliphatic rings. The van der Waals surface area contributed by atoms with Crippen LogP contribution in [-0.2, 0) is 14.3 Å². The minimum absolute atomic E-state index is 0.0279. The third-order valence-corrected chi connectivity index (χ3v) is 3.17. The van der Waals surface area contributed by atoms with E-state index in [4.69, 9.17) is 9.84 Å². The zero-order valence-corrected chi connectivity index (χ0v) is 10.7. The van der Waals surface area contributed by atoms with Crippen LogP contribution in [-0.4, -0.2) is 47.2 Å². The van der Waals surface area contributed by atoms with E-state index in [2.05, 4.69) is 0 Å². The third kappa shape index (κ3) is 4.00. The Hall–Kier alpha value is -1.10. The van der Waals surface area contributed by atoms with Gasteiger partial charge in [-0.2, -0.15) is 0 Å². The second-order valence-electron chi connectivity index (χ2n) is 4.63. The van der Waals surface area contributed by atoms with E-state index < -0.39 is 12.0 Å². The van der Waals surface area contributed by atoms with E-state index in [1.807, 2.05) is 6.92 Å². The molecule has 0 bridgehead atoms. The van der Waals surface area contributed by atoms with Crippen LogP contribution in [0, 0.1) is 0 Å². The van der Waals surface area contributed by atoms with Crippen molar-refractivity contribution in [2.75, 3.05) is 7.11 Å². The Morgan fingerprint density at radius 3 is 2.41 bits per heavy atom. The van der Waals surface area contributed by atoms with Crippen LogP contribution in [0.4, 0.5) is 0 Å². The summed E-state index contributed by atoms with van der Waals surface area (Å²) in [6.07, 6.45) is 2.85. The van der Waals surface area contributed by atoms with Gasteiger partial charge in [0.15, 0.2) is 0 Å². The van der Waals surface area contributed by atoms with E-state index >= 15 is 0 Å². The Bertz CT molecular complexity index is 288. The van der Waals surface area contributed by atoms with Crippen molar-refractivity contribution < 1.29 is 19.4 Å². The molecule has 0 aromatic heterocycles. The number of carbonyl (C=O) groups is 2. The van der Waals surface area contributed by atoms with Gasteiger partial charge in [0.1, 0.15) is 6.04 Å². The molecule has 0 aromatic rings. The first-order valence-electron chi connectivity index (χ1n) is 6.04. The van der Waals surface area contributed by atoms with E-state index in [1.54, 1.807) is 14.0 Å². The quantitative estimate of drug-likeness (QED) is 0.731. The van der Waals surface area contributed by atoms with E-state index in [-0.39, 0.29) is 18.1 Å².